The van der Waals surface area contributed by atoms with E-state index in [1.807, 2.05) is 28.1 Å². The van der Waals surface area contributed by atoms with Crippen LogP contribution in [0, 0.1) is 0 Å². The molecular weight excluding hydrogens is 368 g/mol. The monoisotopic (exact) mass is 398 g/mol. The lowest BCUT2D eigenvalue weighted by Gasteiger charge is -2.43. The number of aliphatic hydroxyl groups excluding tert-OH is 1. The van der Waals surface area contributed by atoms with Gasteiger partial charge in [-0.1, -0.05) is 6.92 Å². The molecule has 0 radical (unpaired) electrons. The molecule has 2 aromatic rings. The SMILES string of the molecule is CCc1nc(N2CC3(CCN(CCO)CC3)N(CC)C2=O)ccc1-c1cn[nH]c1. The fraction of sp³-hybridized carbons (Fsp3) is 0.571. The summed E-state index contributed by atoms with van der Waals surface area (Å²) in [6.07, 6.45) is 6.30. The fourth-order valence-electron chi connectivity index (χ4n) is 4.78. The normalized spacial score (nSPS) is 19.5. The highest BCUT2D eigenvalue weighted by atomic mass is 16.3. The molecule has 2 fully saturated rings. The van der Waals surface area contributed by atoms with Gasteiger partial charge in [0.25, 0.3) is 0 Å². The summed E-state index contributed by atoms with van der Waals surface area (Å²) in [6.45, 7) is 8.21. The number of likely N-dealkylation sites (N-methyl/N-ethyl adjacent to an activating group) is 1. The number of likely N-dealkylation sites (tertiary alicyclic amines) is 1. The molecular formula is C21H30N6O2. The topological polar surface area (TPSA) is 88.6 Å². The van der Waals surface area contributed by atoms with Crippen molar-refractivity contribution in [2.75, 3.05) is 44.2 Å². The van der Waals surface area contributed by atoms with Gasteiger partial charge < -0.3 is 14.9 Å². The smallest absolute Gasteiger partial charge is 0.326 e. The molecule has 2 amide bonds. The van der Waals surface area contributed by atoms with Crippen molar-refractivity contribution in [3.8, 4) is 11.1 Å². The Kier molecular flexibility index (Phi) is 5.56. The first kappa shape index (κ1) is 19.8. The summed E-state index contributed by atoms with van der Waals surface area (Å²) >= 11 is 0. The molecule has 0 aliphatic carbocycles. The van der Waals surface area contributed by atoms with Gasteiger partial charge in [-0.2, -0.15) is 5.10 Å². The first-order valence-electron chi connectivity index (χ1n) is 10.5. The van der Waals surface area contributed by atoms with Crippen molar-refractivity contribution in [2.45, 2.75) is 38.6 Å². The number of urea groups is 1. The molecule has 0 bridgehead atoms. The lowest BCUT2D eigenvalue weighted by atomic mass is 9.86. The molecule has 8 heteroatoms. The zero-order valence-electron chi connectivity index (χ0n) is 17.3. The standard InChI is InChI=1S/C21H30N6O2/c1-3-18-17(16-13-22-23-14-16)5-6-19(24-18)26-15-21(27(4-2)20(26)29)7-9-25(10-8-21)11-12-28/h5-6,13-14,28H,3-4,7-12,15H2,1-2H3,(H,22,23). The van der Waals surface area contributed by atoms with Gasteiger partial charge in [0.1, 0.15) is 5.82 Å². The van der Waals surface area contributed by atoms with Crippen LogP contribution in [0.1, 0.15) is 32.4 Å². The zero-order chi connectivity index (χ0) is 20.4. The van der Waals surface area contributed by atoms with E-state index in [2.05, 4.69) is 28.9 Å². The number of aliphatic hydroxyl groups is 1. The van der Waals surface area contributed by atoms with Crippen LogP contribution in [0.4, 0.5) is 10.6 Å². The average Bonchev–Trinajstić information content (AvgIpc) is 3.36. The van der Waals surface area contributed by atoms with E-state index in [1.54, 1.807) is 6.20 Å². The molecule has 1 spiro atoms. The number of aromatic nitrogens is 3. The number of hydrogen-bond donors (Lipinski definition) is 2. The van der Waals surface area contributed by atoms with E-state index in [1.165, 1.54) is 0 Å². The van der Waals surface area contributed by atoms with E-state index in [0.717, 1.165) is 55.0 Å². The number of piperidine rings is 1. The minimum atomic E-state index is -0.144. The van der Waals surface area contributed by atoms with Crippen molar-refractivity contribution in [3.63, 3.8) is 0 Å². The molecule has 0 atom stereocenters. The number of carbonyl (C=O) groups is 1. The summed E-state index contributed by atoms with van der Waals surface area (Å²) in [7, 11) is 0. The van der Waals surface area contributed by atoms with Gasteiger partial charge in [-0.05, 0) is 38.3 Å². The number of amides is 2. The minimum absolute atomic E-state index is 0.0497. The van der Waals surface area contributed by atoms with E-state index in [-0.39, 0.29) is 18.2 Å². The van der Waals surface area contributed by atoms with Crippen LogP contribution in [0.2, 0.25) is 0 Å². The fourth-order valence-corrected chi connectivity index (χ4v) is 4.78. The van der Waals surface area contributed by atoms with Gasteiger partial charge in [0, 0.05) is 43.5 Å². The van der Waals surface area contributed by atoms with Gasteiger partial charge in [0.2, 0.25) is 0 Å². The average molecular weight is 399 g/mol. The number of β-amino-alcohol motifs (C(OH)–C–C–N with tert-alkyl or cyclic N) is 1. The van der Waals surface area contributed by atoms with E-state index >= 15 is 0 Å². The number of nitrogens with one attached hydrogen (secondary N) is 1. The number of nitrogens with zero attached hydrogens (tertiary/aromatic N) is 5. The summed E-state index contributed by atoms with van der Waals surface area (Å²) in [5.74, 6) is 0.729. The van der Waals surface area contributed by atoms with Crippen LogP contribution in [0.5, 0.6) is 0 Å². The third-order valence-electron chi connectivity index (χ3n) is 6.39. The summed E-state index contributed by atoms with van der Waals surface area (Å²) < 4.78 is 0. The first-order valence-corrected chi connectivity index (χ1v) is 10.5. The van der Waals surface area contributed by atoms with E-state index in [9.17, 15) is 9.90 Å². The largest absolute Gasteiger partial charge is 0.395 e. The van der Waals surface area contributed by atoms with Crippen molar-refractivity contribution in [1.82, 2.24) is 25.0 Å². The van der Waals surface area contributed by atoms with E-state index < -0.39 is 0 Å². The predicted molar refractivity (Wildman–Crippen MR) is 112 cm³/mol. The van der Waals surface area contributed by atoms with Crippen LogP contribution in [-0.2, 0) is 6.42 Å². The predicted octanol–water partition coefficient (Wildman–Crippen LogP) is 2.12. The van der Waals surface area contributed by atoms with Crippen LogP contribution >= 0.6 is 0 Å². The molecule has 2 N–H and O–H groups in total. The summed E-state index contributed by atoms with van der Waals surface area (Å²) in [4.78, 5) is 24.3. The van der Waals surface area contributed by atoms with Crippen molar-refractivity contribution in [1.29, 1.82) is 0 Å². The summed E-state index contributed by atoms with van der Waals surface area (Å²) in [5.41, 5.74) is 2.89. The van der Waals surface area contributed by atoms with Gasteiger partial charge >= 0.3 is 6.03 Å². The molecule has 0 saturated carbocycles. The number of aromatic amines is 1. The Balaban J connectivity index is 1.60. The number of carbonyl (C=O) groups excluding carboxylic acids is 1. The lowest BCUT2D eigenvalue weighted by Crippen LogP contribution is -2.54. The second kappa shape index (κ2) is 8.12. The highest BCUT2D eigenvalue weighted by Crippen LogP contribution is 2.38. The molecule has 0 aromatic carbocycles. The second-order valence-corrected chi connectivity index (χ2v) is 7.91. The molecule has 2 aromatic heterocycles. The van der Waals surface area contributed by atoms with E-state index in [4.69, 9.17) is 4.98 Å². The molecule has 0 unspecified atom stereocenters. The van der Waals surface area contributed by atoms with Crippen molar-refractivity contribution < 1.29 is 9.90 Å². The van der Waals surface area contributed by atoms with Gasteiger partial charge in [0.15, 0.2) is 0 Å². The maximum atomic E-state index is 13.3. The van der Waals surface area contributed by atoms with Crippen LogP contribution in [0.25, 0.3) is 11.1 Å². The number of aryl methyl sites for hydroxylation is 1. The number of rotatable bonds is 6. The molecule has 2 aliphatic heterocycles. The maximum absolute atomic E-state index is 13.3. The number of hydrogen-bond acceptors (Lipinski definition) is 5. The molecule has 8 nitrogen and oxygen atoms in total. The molecule has 29 heavy (non-hydrogen) atoms. The highest BCUT2D eigenvalue weighted by Gasteiger charge is 2.50. The number of pyridine rings is 1. The third-order valence-corrected chi connectivity index (χ3v) is 6.39. The molecule has 156 valence electrons. The number of anilines is 1. The van der Waals surface area contributed by atoms with Gasteiger partial charge in [-0.3, -0.25) is 10.00 Å². The first-order chi connectivity index (χ1) is 14.1. The lowest BCUT2D eigenvalue weighted by molar-refractivity contribution is 0.0705. The Bertz CT molecular complexity index is 845. The minimum Gasteiger partial charge on any atom is -0.395 e. The van der Waals surface area contributed by atoms with Crippen LogP contribution < -0.4 is 4.90 Å². The van der Waals surface area contributed by atoms with Crippen LogP contribution in [0.3, 0.4) is 0 Å². The third kappa shape index (κ3) is 3.51. The highest BCUT2D eigenvalue weighted by molar-refractivity contribution is 5.94. The quantitative estimate of drug-likeness (QED) is 0.778. The van der Waals surface area contributed by atoms with Crippen molar-refractivity contribution >= 4 is 11.8 Å². The maximum Gasteiger partial charge on any atom is 0.326 e. The van der Waals surface area contributed by atoms with Crippen LogP contribution in [0.15, 0.2) is 24.5 Å². The molecule has 4 rings (SSSR count). The molecule has 4 heterocycles. The van der Waals surface area contributed by atoms with Gasteiger partial charge in [-0.25, -0.2) is 9.78 Å². The Morgan fingerprint density at radius 1 is 1.24 bits per heavy atom. The zero-order valence-corrected chi connectivity index (χ0v) is 17.3. The number of H-pyrrole nitrogens is 1. The Morgan fingerprint density at radius 2 is 2.03 bits per heavy atom. The van der Waals surface area contributed by atoms with Crippen LogP contribution in [-0.4, -0.2) is 81.0 Å². The van der Waals surface area contributed by atoms with Crippen molar-refractivity contribution in [3.05, 3.63) is 30.2 Å². The molecule has 2 saturated heterocycles. The molecule has 2 aliphatic rings. The van der Waals surface area contributed by atoms with E-state index in [0.29, 0.717) is 19.6 Å². The van der Waals surface area contributed by atoms with Crippen molar-refractivity contribution in [2.24, 2.45) is 0 Å². The summed E-state index contributed by atoms with van der Waals surface area (Å²) in [6, 6.07) is 4.05. The Morgan fingerprint density at radius 3 is 2.66 bits per heavy atom. The van der Waals surface area contributed by atoms with Gasteiger partial charge in [-0.15, -0.1) is 0 Å². The Labute approximate surface area is 171 Å². The summed E-state index contributed by atoms with van der Waals surface area (Å²) in [5, 5.41) is 16.1. The van der Waals surface area contributed by atoms with Gasteiger partial charge in [0.05, 0.1) is 30.6 Å². The Hall–Kier alpha value is -2.45. The second-order valence-electron chi connectivity index (χ2n) is 7.91.